The molecular formula is C26H42NNaO5. The average molecular weight is 472 g/mol. The Morgan fingerprint density at radius 1 is 1.03 bits per heavy atom. The van der Waals surface area contributed by atoms with Crippen molar-refractivity contribution in [1.82, 2.24) is 5.32 Å². The number of carboxylic acid groups (broad SMARTS) is 1. The molecule has 4 saturated carbocycles. The second-order valence-electron chi connectivity index (χ2n) is 12.1. The topological polar surface area (TPSA) is 110 Å². The third-order valence-corrected chi connectivity index (χ3v) is 10.7. The standard InChI is InChI=1S/C26H43NO5.Na/c1-15(4-7-22(30)27-14-23(31)32)18-5-6-19-24-20(9-11-26(18,19)3)25(2)10-8-17(28)12-16(25)13-21(24)29;/h15-21,24,28-29H,4-14H2,1-3H3,(H,27,30)(H,31,32);/q;+1/p-1/t15?,16-,17+,18+,19-,20-,21?,24-,25-,26+;/m0./s1. The van der Waals surface area contributed by atoms with Crippen LogP contribution in [0.4, 0.5) is 0 Å². The minimum atomic E-state index is -1.26. The monoisotopic (exact) mass is 471 g/mol. The van der Waals surface area contributed by atoms with Gasteiger partial charge in [-0.15, -0.1) is 0 Å². The molecule has 2 unspecified atom stereocenters. The first-order chi connectivity index (χ1) is 15.1. The van der Waals surface area contributed by atoms with E-state index < -0.39 is 12.5 Å². The van der Waals surface area contributed by atoms with Crippen molar-refractivity contribution in [1.29, 1.82) is 0 Å². The molecule has 10 atom stereocenters. The van der Waals surface area contributed by atoms with Crippen molar-refractivity contribution in [3.63, 3.8) is 0 Å². The number of aliphatic hydroxyl groups excluding tert-OH is 2. The summed E-state index contributed by atoms with van der Waals surface area (Å²) in [4.78, 5) is 22.6. The Kier molecular flexibility index (Phi) is 8.70. The van der Waals surface area contributed by atoms with Crippen LogP contribution >= 0.6 is 0 Å². The van der Waals surface area contributed by atoms with E-state index in [1.165, 1.54) is 6.42 Å². The summed E-state index contributed by atoms with van der Waals surface area (Å²) in [6, 6.07) is 0. The van der Waals surface area contributed by atoms with Crippen molar-refractivity contribution in [2.45, 2.75) is 97.2 Å². The van der Waals surface area contributed by atoms with Gasteiger partial charge in [0.2, 0.25) is 5.91 Å². The van der Waals surface area contributed by atoms with Gasteiger partial charge in [-0.1, -0.05) is 20.8 Å². The summed E-state index contributed by atoms with van der Waals surface area (Å²) in [5.74, 6) is 1.31. The van der Waals surface area contributed by atoms with Gasteiger partial charge >= 0.3 is 29.6 Å². The first-order valence-electron chi connectivity index (χ1n) is 12.9. The summed E-state index contributed by atoms with van der Waals surface area (Å²) in [6.07, 6.45) is 8.95. The second kappa shape index (κ2) is 10.5. The zero-order valence-electron chi connectivity index (χ0n) is 21.0. The summed E-state index contributed by atoms with van der Waals surface area (Å²) in [6.45, 7) is 6.70. The molecule has 6 nitrogen and oxygen atoms in total. The zero-order valence-corrected chi connectivity index (χ0v) is 23.0. The third kappa shape index (κ3) is 5.07. The molecule has 4 fully saturated rings. The molecule has 0 radical (unpaired) electrons. The molecule has 7 heteroatoms. The van der Waals surface area contributed by atoms with Gasteiger partial charge in [0, 0.05) is 6.42 Å². The van der Waals surface area contributed by atoms with E-state index in [4.69, 9.17) is 0 Å². The number of rotatable bonds is 6. The summed E-state index contributed by atoms with van der Waals surface area (Å²) in [5, 5.41) is 34.5. The van der Waals surface area contributed by atoms with E-state index >= 15 is 0 Å². The van der Waals surface area contributed by atoms with Crippen molar-refractivity contribution in [2.24, 2.45) is 46.3 Å². The SMILES string of the molecule is CC(CCC(=O)NCC(=O)[O-])[C@H]1CC[C@H]2[C@@H]3C(O)C[C@@H]4C[C@H](O)CC[C@]4(C)[C@H]3CC[C@]12C.[Na+]. The van der Waals surface area contributed by atoms with Crippen LogP contribution in [0.1, 0.15) is 85.0 Å². The number of hydrogen-bond donors (Lipinski definition) is 3. The molecule has 0 spiro atoms. The normalized spacial score (nSPS) is 45.1. The fraction of sp³-hybridized carbons (Fsp3) is 0.923. The Hall–Kier alpha value is -0.140. The quantitative estimate of drug-likeness (QED) is 0.442. The fourth-order valence-corrected chi connectivity index (χ4v) is 8.99. The molecule has 0 saturated heterocycles. The molecule has 182 valence electrons. The van der Waals surface area contributed by atoms with Gasteiger partial charge in [-0.25, -0.2) is 0 Å². The van der Waals surface area contributed by atoms with E-state index in [0.717, 1.165) is 51.4 Å². The van der Waals surface area contributed by atoms with Gasteiger partial charge < -0.3 is 25.4 Å². The number of carbonyl (C=O) groups is 2. The second-order valence-corrected chi connectivity index (χ2v) is 12.1. The van der Waals surface area contributed by atoms with Crippen LogP contribution in [0.3, 0.4) is 0 Å². The van der Waals surface area contributed by atoms with Gasteiger partial charge in [0.05, 0.1) is 24.7 Å². The first kappa shape index (κ1) is 27.4. The van der Waals surface area contributed by atoms with Gasteiger partial charge in [-0.2, -0.15) is 0 Å². The van der Waals surface area contributed by atoms with Gasteiger partial charge in [-0.05, 0) is 104 Å². The van der Waals surface area contributed by atoms with Gasteiger partial charge in [0.15, 0.2) is 0 Å². The summed E-state index contributed by atoms with van der Waals surface area (Å²) < 4.78 is 0. The molecule has 0 bridgehead atoms. The van der Waals surface area contributed by atoms with E-state index in [2.05, 4.69) is 26.1 Å². The number of amides is 1. The van der Waals surface area contributed by atoms with Crippen LogP contribution in [0.5, 0.6) is 0 Å². The van der Waals surface area contributed by atoms with E-state index in [9.17, 15) is 24.9 Å². The van der Waals surface area contributed by atoms with E-state index in [-0.39, 0.29) is 58.5 Å². The Labute approximate surface area is 221 Å². The van der Waals surface area contributed by atoms with Crippen LogP contribution in [0, 0.1) is 46.3 Å². The maximum absolute atomic E-state index is 12.0. The predicted molar refractivity (Wildman–Crippen MR) is 119 cm³/mol. The fourth-order valence-electron chi connectivity index (χ4n) is 8.99. The summed E-state index contributed by atoms with van der Waals surface area (Å²) in [7, 11) is 0. The predicted octanol–water partition coefficient (Wildman–Crippen LogP) is -0.737. The number of aliphatic carboxylic acids is 1. The molecule has 4 aliphatic carbocycles. The van der Waals surface area contributed by atoms with Crippen molar-refractivity contribution in [3.05, 3.63) is 0 Å². The Bertz CT molecular complexity index is 733. The van der Waals surface area contributed by atoms with Crippen LogP contribution in [0.15, 0.2) is 0 Å². The molecule has 0 aromatic carbocycles. The van der Waals surface area contributed by atoms with Crippen molar-refractivity contribution in [3.8, 4) is 0 Å². The van der Waals surface area contributed by atoms with Gasteiger partial charge in [0.25, 0.3) is 0 Å². The van der Waals surface area contributed by atoms with E-state index in [1.54, 1.807) is 0 Å². The molecule has 0 aromatic heterocycles. The zero-order chi connectivity index (χ0) is 23.3. The molecule has 0 aliphatic heterocycles. The van der Waals surface area contributed by atoms with Crippen molar-refractivity contribution in [2.75, 3.05) is 6.54 Å². The Balaban J connectivity index is 0.00000306. The smallest absolute Gasteiger partial charge is 0.548 e. The maximum Gasteiger partial charge on any atom is 1.00 e. The van der Waals surface area contributed by atoms with Gasteiger partial charge in [-0.3, -0.25) is 4.79 Å². The van der Waals surface area contributed by atoms with Crippen LogP contribution in [0.2, 0.25) is 0 Å². The average Bonchev–Trinajstić information content (AvgIpc) is 3.09. The molecule has 4 aliphatic rings. The molecule has 1 amide bonds. The van der Waals surface area contributed by atoms with Gasteiger partial charge in [0.1, 0.15) is 0 Å². The Morgan fingerprint density at radius 2 is 1.70 bits per heavy atom. The molecule has 0 aromatic rings. The maximum atomic E-state index is 12.0. The number of carboxylic acids is 1. The van der Waals surface area contributed by atoms with E-state index in [1.807, 2.05) is 0 Å². The number of carbonyl (C=O) groups excluding carboxylic acids is 2. The minimum absolute atomic E-state index is 0. The largest absolute Gasteiger partial charge is 1.00 e. The summed E-state index contributed by atoms with van der Waals surface area (Å²) >= 11 is 0. The number of nitrogens with one attached hydrogen (secondary N) is 1. The molecule has 33 heavy (non-hydrogen) atoms. The summed E-state index contributed by atoms with van der Waals surface area (Å²) in [5.41, 5.74) is 0.436. The number of fused-ring (bicyclic) bond motifs is 5. The third-order valence-electron chi connectivity index (χ3n) is 10.7. The van der Waals surface area contributed by atoms with Crippen molar-refractivity contribution < 1.29 is 54.5 Å². The molecule has 3 N–H and O–H groups in total. The molecular weight excluding hydrogens is 429 g/mol. The van der Waals surface area contributed by atoms with Crippen LogP contribution in [0.25, 0.3) is 0 Å². The molecule has 4 rings (SSSR count). The molecule has 0 heterocycles. The Morgan fingerprint density at radius 3 is 2.39 bits per heavy atom. The van der Waals surface area contributed by atoms with Crippen LogP contribution in [-0.4, -0.2) is 40.8 Å². The number of aliphatic hydroxyl groups is 2. The van der Waals surface area contributed by atoms with E-state index in [0.29, 0.717) is 41.9 Å². The number of hydrogen-bond acceptors (Lipinski definition) is 5. The first-order valence-corrected chi connectivity index (χ1v) is 12.9. The van der Waals surface area contributed by atoms with Crippen LogP contribution < -0.4 is 40.0 Å². The minimum Gasteiger partial charge on any atom is -0.548 e. The van der Waals surface area contributed by atoms with Crippen LogP contribution in [-0.2, 0) is 9.59 Å². The van der Waals surface area contributed by atoms with Crippen molar-refractivity contribution >= 4 is 11.9 Å².